The molecule has 0 aromatic carbocycles. The molecule has 3 heterocycles. The number of hydrogen-bond donors (Lipinski definition) is 0. The van der Waals surface area contributed by atoms with Gasteiger partial charge >= 0.3 is 0 Å². The number of hydrogen-bond acceptors (Lipinski definition) is 7. The summed E-state index contributed by atoms with van der Waals surface area (Å²) in [5, 5.41) is 0. The molecule has 8 nitrogen and oxygen atoms in total. The van der Waals surface area contributed by atoms with Gasteiger partial charge in [-0.3, -0.25) is 4.79 Å². The third kappa shape index (κ3) is 3.53. The number of carbonyl (C=O) groups is 1. The molecule has 0 spiro atoms. The van der Waals surface area contributed by atoms with Gasteiger partial charge in [-0.05, 0) is 13.0 Å². The zero-order chi connectivity index (χ0) is 16.1. The number of anilines is 1. The summed E-state index contributed by atoms with van der Waals surface area (Å²) in [6.07, 6.45) is 4.79. The van der Waals surface area contributed by atoms with E-state index >= 15 is 0 Å². The van der Waals surface area contributed by atoms with E-state index in [-0.39, 0.29) is 5.91 Å². The fourth-order valence-corrected chi connectivity index (χ4v) is 2.41. The molecule has 8 heteroatoms. The van der Waals surface area contributed by atoms with Gasteiger partial charge in [0.2, 0.25) is 11.8 Å². The molecule has 1 aliphatic heterocycles. The van der Waals surface area contributed by atoms with E-state index < -0.39 is 0 Å². The first kappa shape index (κ1) is 15.1. The second-order valence-electron chi connectivity index (χ2n) is 5.00. The van der Waals surface area contributed by atoms with E-state index in [1.807, 2.05) is 6.92 Å². The Labute approximate surface area is 134 Å². The molecule has 0 N–H and O–H groups in total. The lowest BCUT2D eigenvalue weighted by molar-refractivity contribution is 0.0739. The molecule has 2 aromatic heterocycles. The standard InChI is InChI=1S/C15H18N6O2/c1-2-23-13-10-12(18-11-19-13)14(22)20-6-8-21(9-7-20)15-16-4-3-5-17-15/h3-5,10-11H,2,6-9H2,1H3. The summed E-state index contributed by atoms with van der Waals surface area (Å²) >= 11 is 0. The normalized spacial score (nSPS) is 14.7. The SMILES string of the molecule is CCOc1cc(C(=O)N2CCN(c3ncccn3)CC2)ncn1. The predicted octanol–water partition coefficient (Wildman–Crippen LogP) is 0.628. The number of aromatic nitrogens is 4. The summed E-state index contributed by atoms with van der Waals surface area (Å²) in [5.41, 5.74) is 0.355. The van der Waals surface area contributed by atoms with Crippen LogP contribution >= 0.6 is 0 Å². The molecule has 0 unspecified atom stereocenters. The minimum Gasteiger partial charge on any atom is -0.478 e. The molecule has 3 rings (SSSR count). The highest BCUT2D eigenvalue weighted by molar-refractivity contribution is 5.92. The molecule has 1 aliphatic rings. The zero-order valence-electron chi connectivity index (χ0n) is 12.9. The summed E-state index contributed by atoms with van der Waals surface area (Å²) in [7, 11) is 0. The Morgan fingerprint density at radius 1 is 1.13 bits per heavy atom. The van der Waals surface area contributed by atoms with Gasteiger partial charge < -0.3 is 14.5 Å². The number of amides is 1. The zero-order valence-corrected chi connectivity index (χ0v) is 12.9. The summed E-state index contributed by atoms with van der Waals surface area (Å²) in [6, 6.07) is 3.37. The Morgan fingerprint density at radius 2 is 1.87 bits per heavy atom. The molecule has 0 bridgehead atoms. The summed E-state index contributed by atoms with van der Waals surface area (Å²) in [5.74, 6) is 1.00. The number of rotatable bonds is 4. The number of piperazine rings is 1. The third-order valence-corrected chi connectivity index (χ3v) is 3.56. The monoisotopic (exact) mass is 314 g/mol. The van der Waals surface area contributed by atoms with E-state index in [4.69, 9.17) is 4.74 Å². The van der Waals surface area contributed by atoms with Crippen LogP contribution in [0.5, 0.6) is 5.88 Å². The molecular weight excluding hydrogens is 296 g/mol. The topological polar surface area (TPSA) is 84.3 Å². The smallest absolute Gasteiger partial charge is 0.272 e. The molecule has 1 saturated heterocycles. The molecule has 2 aromatic rings. The Bertz CT molecular complexity index is 658. The molecule has 23 heavy (non-hydrogen) atoms. The molecule has 1 amide bonds. The van der Waals surface area contributed by atoms with Crippen LogP contribution in [-0.4, -0.2) is 63.5 Å². The van der Waals surface area contributed by atoms with Crippen LogP contribution < -0.4 is 9.64 Å². The van der Waals surface area contributed by atoms with Crippen molar-refractivity contribution >= 4 is 11.9 Å². The van der Waals surface area contributed by atoms with Crippen LogP contribution in [0.25, 0.3) is 0 Å². The lowest BCUT2D eigenvalue weighted by Crippen LogP contribution is -2.49. The second kappa shape index (κ2) is 6.99. The third-order valence-electron chi connectivity index (χ3n) is 3.56. The van der Waals surface area contributed by atoms with Crippen molar-refractivity contribution in [2.45, 2.75) is 6.92 Å². The van der Waals surface area contributed by atoms with Gasteiger partial charge in [-0.25, -0.2) is 19.9 Å². The highest BCUT2D eigenvalue weighted by atomic mass is 16.5. The molecule has 0 atom stereocenters. The van der Waals surface area contributed by atoms with Gasteiger partial charge in [-0.1, -0.05) is 0 Å². The highest BCUT2D eigenvalue weighted by Crippen LogP contribution is 2.13. The van der Waals surface area contributed by atoms with Crippen LogP contribution in [0.1, 0.15) is 17.4 Å². The van der Waals surface area contributed by atoms with Gasteiger partial charge in [0.1, 0.15) is 12.0 Å². The van der Waals surface area contributed by atoms with Crippen molar-refractivity contribution in [3.8, 4) is 5.88 Å². The lowest BCUT2D eigenvalue weighted by atomic mass is 10.2. The fraction of sp³-hybridized carbons (Fsp3) is 0.400. The minimum absolute atomic E-state index is 0.109. The summed E-state index contributed by atoms with van der Waals surface area (Å²) in [4.78, 5) is 32.9. The van der Waals surface area contributed by atoms with Gasteiger partial charge in [-0.2, -0.15) is 0 Å². The van der Waals surface area contributed by atoms with Crippen molar-refractivity contribution in [1.29, 1.82) is 0 Å². The van der Waals surface area contributed by atoms with Crippen LogP contribution in [0.3, 0.4) is 0 Å². The Hall–Kier alpha value is -2.77. The van der Waals surface area contributed by atoms with Crippen LogP contribution in [-0.2, 0) is 0 Å². The van der Waals surface area contributed by atoms with E-state index in [1.54, 1.807) is 29.4 Å². The van der Waals surface area contributed by atoms with Crippen molar-refractivity contribution in [3.63, 3.8) is 0 Å². The van der Waals surface area contributed by atoms with Crippen LogP contribution in [0.4, 0.5) is 5.95 Å². The first-order valence-corrected chi connectivity index (χ1v) is 7.54. The average Bonchev–Trinajstić information content (AvgIpc) is 2.62. The van der Waals surface area contributed by atoms with Gasteiger partial charge in [0.25, 0.3) is 5.91 Å². The van der Waals surface area contributed by atoms with Crippen molar-refractivity contribution < 1.29 is 9.53 Å². The lowest BCUT2D eigenvalue weighted by Gasteiger charge is -2.34. The first-order valence-electron chi connectivity index (χ1n) is 7.54. The van der Waals surface area contributed by atoms with Crippen LogP contribution in [0.15, 0.2) is 30.9 Å². The Morgan fingerprint density at radius 3 is 2.57 bits per heavy atom. The maximum absolute atomic E-state index is 12.5. The van der Waals surface area contributed by atoms with Gasteiger partial charge in [0.05, 0.1) is 6.61 Å². The fourth-order valence-electron chi connectivity index (χ4n) is 2.41. The second-order valence-corrected chi connectivity index (χ2v) is 5.00. The maximum Gasteiger partial charge on any atom is 0.272 e. The molecule has 120 valence electrons. The highest BCUT2D eigenvalue weighted by Gasteiger charge is 2.24. The van der Waals surface area contributed by atoms with Crippen molar-refractivity contribution in [2.75, 3.05) is 37.7 Å². The molecule has 0 radical (unpaired) electrons. The largest absolute Gasteiger partial charge is 0.478 e. The van der Waals surface area contributed by atoms with Gasteiger partial charge in [0.15, 0.2) is 0 Å². The molecular formula is C15H18N6O2. The van der Waals surface area contributed by atoms with Crippen molar-refractivity contribution in [3.05, 3.63) is 36.5 Å². The molecule has 1 fully saturated rings. The Kier molecular flexibility index (Phi) is 4.60. The quantitative estimate of drug-likeness (QED) is 0.818. The number of nitrogens with zero attached hydrogens (tertiary/aromatic N) is 6. The van der Waals surface area contributed by atoms with E-state index in [0.717, 1.165) is 0 Å². The van der Waals surface area contributed by atoms with Crippen LogP contribution in [0.2, 0.25) is 0 Å². The van der Waals surface area contributed by atoms with E-state index in [9.17, 15) is 4.79 Å². The van der Waals surface area contributed by atoms with E-state index in [1.165, 1.54) is 6.33 Å². The molecule has 0 aliphatic carbocycles. The maximum atomic E-state index is 12.5. The number of ether oxygens (including phenoxy) is 1. The van der Waals surface area contributed by atoms with Gasteiger partial charge in [-0.15, -0.1) is 0 Å². The predicted molar refractivity (Wildman–Crippen MR) is 83.3 cm³/mol. The first-order chi connectivity index (χ1) is 11.3. The summed E-state index contributed by atoms with van der Waals surface area (Å²) < 4.78 is 5.31. The van der Waals surface area contributed by atoms with Crippen LogP contribution in [0, 0.1) is 0 Å². The van der Waals surface area contributed by atoms with E-state index in [2.05, 4.69) is 24.8 Å². The van der Waals surface area contributed by atoms with E-state index in [0.29, 0.717) is 50.3 Å². The molecule has 0 saturated carbocycles. The Balaban J connectivity index is 1.63. The minimum atomic E-state index is -0.109. The van der Waals surface area contributed by atoms with Gasteiger partial charge in [0, 0.05) is 44.6 Å². The summed E-state index contributed by atoms with van der Waals surface area (Å²) in [6.45, 7) is 4.96. The average molecular weight is 314 g/mol. The van der Waals surface area contributed by atoms with Crippen molar-refractivity contribution in [2.24, 2.45) is 0 Å². The van der Waals surface area contributed by atoms with Crippen molar-refractivity contribution in [1.82, 2.24) is 24.8 Å². The number of carbonyl (C=O) groups excluding carboxylic acids is 1.